The number of aromatic nitrogens is 1. The Bertz CT molecular complexity index is 498. The molecule has 0 aliphatic carbocycles. The zero-order chi connectivity index (χ0) is 14.6. The Morgan fingerprint density at radius 3 is 2.42 bits per heavy atom. The van der Waals surface area contributed by atoms with E-state index in [9.17, 15) is 22.0 Å². The maximum Gasteiger partial charge on any atom is 0.573 e. The Kier molecular flexibility index (Phi) is 4.89. The van der Waals surface area contributed by atoms with Crippen LogP contribution in [-0.4, -0.2) is 11.3 Å². The van der Waals surface area contributed by atoms with E-state index in [2.05, 4.69) is 9.72 Å². The lowest BCUT2D eigenvalue weighted by atomic mass is 10.0. The first kappa shape index (κ1) is 15.4. The van der Waals surface area contributed by atoms with Crippen LogP contribution in [0.25, 0.3) is 0 Å². The molecule has 1 aromatic rings. The molecule has 0 spiro atoms. The van der Waals surface area contributed by atoms with Gasteiger partial charge in [-0.15, -0.1) is 24.8 Å². The highest BCUT2D eigenvalue weighted by atomic mass is 35.5. The molecular formula is C10H6ClF5N2O. The summed E-state index contributed by atoms with van der Waals surface area (Å²) in [5.41, 5.74) is -1.42. The lowest BCUT2D eigenvalue weighted by Crippen LogP contribution is -2.19. The third-order valence-electron chi connectivity index (χ3n) is 2.11. The first-order chi connectivity index (χ1) is 8.80. The second kappa shape index (κ2) is 6.02. The number of hydrogen-bond donors (Lipinski definition) is 0. The predicted molar refractivity (Wildman–Crippen MR) is 54.8 cm³/mol. The number of pyridine rings is 1. The van der Waals surface area contributed by atoms with Gasteiger partial charge in [-0.1, -0.05) is 0 Å². The molecule has 104 valence electrons. The molecule has 0 amide bonds. The normalized spacial score (nSPS) is 11.5. The van der Waals surface area contributed by atoms with E-state index in [1.54, 1.807) is 6.07 Å². The van der Waals surface area contributed by atoms with Crippen LogP contribution in [0.5, 0.6) is 5.75 Å². The summed E-state index contributed by atoms with van der Waals surface area (Å²) in [7, 11) is 0. The average molecular weight is 301 g/mol. The molecule has 0 aliphatic rings. The smallest absolute Gasteiger partial charge is 0.404 e. The van der Waals surface area contributed by atoms with Crippen molar-refractivity contribution in [3.8, 4) is 11.8 Å². The molecule has 0 saturated heterocycles. The monoisotopic (exact) mass is 300 g/mol. The molecule has 0 aromatic carbocycles. The van der Waals surface area contributed by atoms with Crippen LogP contribution < -0.4 is 4.74 Å². The highest BCUT2D eigenvalue weighted by Crippen LogP contribution is 2.33. The summed E-state index contributed by atoms with van der Waals surface area (Å²) in [5.74, 6) is -1.29. The topological polar surface area (TPSA) is 45.9 Å². The number of halogens is 6. The molecule has 0 unspecified atom stereocenters. The lowest BCUT2D eigenvalue weighted by molar-refractivity contribution is -0.275. The van der Waals surface area contributed by atoms with E-state index < -0.39 is 36.5 Å². The standard InChI is InChI=1S/C10H6ClF5N2O/c11-3-6-5(1-2-17)8(9(12)13)18-4-7(6)19-10(14,15)16/h4,9H,1,3H2. The maximum atomic E-state index is 12.7. The van der Waals surface area contributed by atoms with E-state index in [1.807, 2.05) is 0 Å². The van der Waals surface area contributed by atoms with E-state index in [1.165, 1.54) is 0 Å². The van der Waals surface area contributed by atoms with E-state index in [-0.39, 0.29) is 11.1 Å². The molecule has 3 nitrogen and oxygen atoms in total. The molecule has 19 heavy (non-hydrogen) atoms. The number of alkyl halides is 6. The molecule has 0 radical (unpaired) electrons. The minimum Gasteiger partial charge on any atom is -0.404 e. The number of nitrogens with zero attached hydrogens (tertiary/aromatic N) is 2. The molecule has 1 aromatic heterocycles. The number of nitriles is 1. The Balaban J connectivity index is 3.37. The number of hydrogen-bond acceptors (Lipinski definition) is 3. The summed E-state index contributed by atoms with van der Waals surface area (Å²) < 4.78 is 65.3. The zero-order valence-corrected chi connectivity index (χ0v) is 9.90. The average Bonchev–Trinajstić information content (AvgIpc) is 2.27. The van der Waals surface area contributed by atoms with Gasteiger partial charge in [0.1, 0.15) is 5.69 Å². The van der Waals surface area contributed by atoms with Gasteiger partial charge in [0.2, 0.25) is 0 Å². The van der Waals surface area contributed by atoms with Crippen molar-refractivity contribution in [2.75, 3.05) is 0 Å². The first-order valence-electron chi connectivity index (χ1n) is 4.77. The van der Waals surface area contributed by atoms with Crippen molar-refractivity contribution in [1.29, 1.82) is 5.26 Å². The third kappa shape index (κ3) is 3.92. The summed E-state index contributed by atoms with van der Waals surface area (Å²) in [4.78, 5) is 3.20. The van der Waals surface area contributed by atoms with Crippen molar-refractivity contribution in [3.05, 3.63) is 23.0 Å². The minimum absolute atomic E-state index is 0.314. The number of ether oxygens (including phenoxy) is 1. The Labute approximate surface area is 109 Å². The molecule has 1 heterocycles. The van der Waals surface area contributed by atoms with Crippen molar-refractivity contribution in [2.45, 2.75) is 25.1 Å². The van der Waals surface area contributed by atoms with Crippen LogP contribution in [0.3, 0.4) is 0 Å². The summed E-state index contributed by atoms with van der Waals surface area (Å²) in [5, 5.41) is 8.54. The van der Waals surface area contributed by atoms with Gasteiger partial charge in [-0.05, 0) is 0 Å². The molecule has 1 rings (SSSR count). The van der Waals surface area contributed by atoms with Crippen LogP contribution >= 0.6 is 11.6 Å². The van der Waals surface area contributed by atoms with Gasteiger partial charge in [0, 0.05) is 11.1 Å². The number of rotatable bonds is 4. The molecule has 0 aliphatic heterocycles. The lowest BCUT2D eigenvalue weighted by Gasteiger charge is -2.16. The highest BCUT2D eigenvalue weighted by Gasteiger charge is 2.33. The zero-order valence-electron chi connectivity index (χ0n) is 9.14. The second-order valence-electron chi connectivity index (χ2n) is 3.28. The van der Waals surface area contributed by atoms with Gasteiger partial charge in [-0.3, -0.25) is 4.98 Å². The van der Waals surface area contributed by atoms with Crippen LogP contribution in [0.2, 0.25) is 0 Å². The molecule has 0 fully saturated rings. The van der Waals surface area contributed by atoms with Crippen LogP contribution in [0.1, 0.15) is 23.2 Å². The van der Waals surface area contributed by atoms with Gasteiger partial charge in [0.05, 0.1) is 24.6 Å². The van der Waals surface area contributed by atoms with Gasteiger partial charge < -0.3 is 4.74 Å². The predicted octanol–water partition coefficient (Wildman–Crippen LogP) is 3.72. The Morgan fingerprint density at radius 1 is 1.37 bits per heavy atom. The highest BCUT2D eigenvalue weighted by molar-refractivity contribution is 6.17. The Hall–Kier alpha value is -1.62. The van der Waals surface area contributed by atoms with E-state index >= 15 is 0 Å². The van der Waals surface area contributed by atoms with Crippen molar-refractivity contribution in [3.63, 3.8) is 0 Å². The fourth-order valence-electron chi connectivity index (χ4n) is 1.41. The van der Waals surface area contributed by atoms with Crippen LogP contribution in [0, 0.1) is 11.3 Å². The van der Waals surface area contributed by atoms with Crippen molar-refractivity contribution in [2.24, 2.45) is 0 Å². The SMILES string of the molecule is N#CCc1c(C(F)F)ncc(OC(F)(F)F)c1CCl. The Morgan fingerprint density at radius 2 is 2.00 bits per heavy atom. The van der Waals surface area contributed by atoms with E-state index in [0.717, 1.165) is 0 Å². The fourth-order valence-corrected chi connectivity index (χ4v) is 1.70. The second-order valence-corrected chi connectivity index (χ2v) is 3.55. The van der Waals surface area contributed by atoms with Crippen LogP contribution in [0.15, 0.2) is 6.20 Å². The van der Waals surface area contributed by atoms with Gasteiger partial charge in [-0.25, -0.2) is 8.78 Å². The molecule has 9 heteroatoms. The van der Waals surface area contributed by atoms with Gasteiger partial charge in [0.25, 0.3) is 6.43 Å². The summed E-state index contributed by atoms with van der Waals surface area (Å²) in [6, 6.07) is 1.58. The molecule has 0 saturated carbocycles. The van der Waals surface area contributed by atoms with E-state index in [4.69, 9.17) is 16.9 Å². The molecule has 0 atom stereocenters. The van der Waals surface area contributed by atoms with E-state index in [0.29, 0.717) is 6.20 Å². The summed E-state index contributed by atoms with van der Waals surface area (Å²) in [6.07, 6.45) is -8.04. The van der Waals surface area contributed by atoms with Crippen LogP contribution in [0.4, 0.5) is 22.0 Å². The third-order valence-corrected chi connectivity index (χ3v) is 2.38. The van der Waals surface area contributed by atoms with Crippen molar-refractivity contribution in [1.82, 2.24) is 4.98 Å². The molecule has 0 N–H and O–H groups in total. The van der Waals surface area contributed by atoms with Gasteiger partial charge in [-0.2, -0.15) is 5.26 Å². The van der Waals surface area contributed by atoms with Crippen molar-refractivity contribution < 1.29 is 26.7 Å². The molecular weight excluding hydrogens is 295 g/mol. The minimum atomic E-state index is -5.00. The van der Waals surface area contributed by atoms with Crippen molar-refractivity contribution >= 4 is 11.6 Å². The summed E-state index contributed by atoms with van der Waals surface area (Å²) >= 11 is 5.45. The van der Waals surface area contributed by atoms with Crippen LogP contribution in [-0.2, 0) is 12.3 Å². The van der Waals surface area contributed by atoms with Gasteiger partial charge in [0.15, 0.2) is 5.75 Å². The quantitative estimate of drug-likeness (QED) is 0.629. The fraction of sp³-hybridized carbons (Fsp3) is 0.400. The first-order valence-corrected chi connectivity index (χ1v) is 5.31. The van der Waals surface area contributed by atoms with Gasteiger partial charge >= 0.3 is 6.36 Å². The largest absolute Gasteiger partial charge is 0.573 e. The summed E-state index contributed by atoms with van der Waals surface area (Å²) in [6.45, 7) is 0. The maximum absolute atomic E-state index is 12.7. The molecule has 0 bridgehead atoms.